The van der Waals surface area contributed by atoms with Crippen molar-refractivity contribution in [2.75, 3.05) is 6.54 Å². The van der Waals surface area contributed by atoms with Gasteiger partial charge in [0.1, 0.15) is 0 Å². The highest BCUT2D eigenvalue weighted by Crippen LogP contribution is 2.41. The lowest BCUT2D eigenvalue weighted by atomic mass is 10.0. The highest BCUT2D eigenvalue weighted by Gasteiger charge is 2.44. The van der Waals surface area contributed by atoms with Crippen LogP contribution in [0.1, 0.15) is 47.5 Å². The molecule has 1 nitrogen and oxygen atoms in total. The Morgan fingerprint density at radius 3 is 1.82 bits per heavy atom. The van der Waals surface area contributed by atoms with Crippen molar-refractivity contribution in [2.24, 2.45) is 5.92 Å². The summed E-state index contributed by atoms with van der Waals surface area (Å²) < 4.78 is 0. The number of hydrogen-bond acceptors (Lipinski definition) is 1. The second kappa shape index (κ2) is 4.76. The third-order valence-corrected chi connectivity index (χ3v) is 2.42. The van der Waals surface area contributed by atoms with Crippen molar-refractivity contribution in [1.29, 1.82) is 0 Å². The van der Waals surface area contributed by atoms with E-state index in [1.165, 1.54) is 12.8 Å². The van der Waals surface area contributed by atoms with Crippen LogP contribution in [0, 0.1) is 5.92 Å². The van der Waals surface area contributed by atoms with Gasteiger partial charge in [-0.25, -0.2) is 0 Å². The monoisotopic (exact) mass is 157 g/mol. The first kappa shape index (κ1) is 11.0. The second-order valence-electron chi connectivity index (χ2n) is 3.34. The number of nitrogens with one attached hydrogen (secondary N) is 1. The predicted molar refractivity (Wildman–Crippen MR) is 51.8 cm³/mol. The van der Waals surface area contributed by atoms with E-state index in [2.05, 4.69) is 26.1 Å². The highest BCUT2D eigenvalue weighted by molar-refractivity contribution is 5.03. The molecule has 0 aromatic rings. The van der Waals surface area contributed by atoms with Crippen molar-refractivity contribution in [3.63, 3.8) is 0 Å². The maximum Gasteiger partial charge on any atom is 0.0205 e. The van der Waals surface area contributed by atoms with Crippen LogP contribution in [0.25, 0.3) is 0 Å². The fourth-order valence-corrected chi connectivity index (χ4v) is 1.44. The molecule has 0 radical (unpaired) electrons. The van der Waals surface area contributed by atoms with Crippen LogP contribution in [-0.4, -0.2) is 12.1 Å². The van der Waals surface area contributed by atoms with E-state index in [0.717, 1.165) is 12.5 Å². The van der Waals surface area contributed by atoms with Gasteiger partial charge in [-0.15, -0.1) is 0 Å². The van der Waals surface area contributed by atoms with Crippen molar-refractivity contribution >= 4 is 0 Å². The van der Waals surface area contributed by atoms with E-state index in [0.29, 0.717) is 5.54 Å². The minimum atomic E-state index is 0.550. The Kier molecular flexibility index (Phi) is 4.74. The van der Waals surface area contributed by atoms with Crippen molar-refractivity contribution in [2.45, 2.75) is 53.0 Å². The Morgan fingerprint density at radius 1 is 1.27 bits per heavy atom. The molecule has 0 heterocycles. The summed E-state index contributed by atoms with van der Waals surface area (Å²) in [6, 6.07) is 0. The van der Waals surface area contributed by atoms with Crippen LogP contribution < -0.4 is 5.32 Å². The van der Waals surface area contributed by atoms with E-state index in [-0.39, 0.29) is 0 Å². The lowest BCUT2D eigenvalue weighted by molar-refractivity contribution is 0.388. The predicted octanol–water partition coefficient (Wildman–Crippen LogP) is 2.81. The Morgan fingerprint density at radius 2 is 1.73 bits per heavy atom. The number of hydrogen-bond donors (Lipinski definition) is 1. The van der Waals surface area contributed by atoms with Crippen molar-refractivity contribution in [3.8, 4) is 0 Å². The fraction of sp³-hybridized carbons (Fsp3) is 1.00. The summed E-state index contributed by atoms with van der Waals surface area (Å²) in [7, 11) is 0. The minimum Gasteiger partial charge on any atom is -0.311 e. The SMILES string of the molecule is CC.CCNC1(C(C)C)CC1. The zero-order valence-electron chi connectivity index (χ0n) is 8.70. The van der Waals surface area contributed by atoms with Crippen molar-refractivity contribution in [3.05, 3.63) is 0 Å². The summed E-state index contributed by atoms with van der Waals surface area (Å²) in [5.74, 6) is 0.817. The molecule has 0 amide bonds. The van der Waals surface area contributed by atoms with E-state index >= 15 is 0 Å². The molecular weight excluding hydrogens is 134 g/mol. The molecule has 0 saturated heterocycles. The maximum atomic E-state index is 3.53. The van der Waals surface area contributed by atoms with Gasteiger partial charge in [0, 0.05) is 5.54 Å². The van der Waals surface area contributed by atoms with Gasteiger partial charge in [0.15, 0.2) is 0 Å². The first-order chi connectivity index (χ1) is 5.21. The van der Waals surface area contributed by atoms with Gasteiger partial charge in [0.25, 0.3) is 0 Å². The molecule has 0 bridgehead atoms. The third-order valence-electron chi connectivity index (χ3n) is 2.42. The summed E-state index contributed by atoms with van der Waals surface area (Å²) in [6.45, 7) is 11.9. The number of rotatable bonds is 3. The van der Waals surface area contributed by atoms with Crippen molar-refractivity contribution < 1.29 is 0 Å². The summed E-state index contributed by atoms with van der Waals surface area (Å²) >= 11 is 0. The van der Waals surface area contributed by atoms with Gasteiger partial charge in [-0.05, 0) is 25.3 Å². The quantitative estimate of drug-likeness (QED) is 0.664. The average Bonchev–Trinajstić information content (AvgIpc) is 2.75. The molecule has 68 valence electrons. The van der Waals surface area contributed by atoms with E-state index < -0.39 is 0 Å². The molecule has 0 spiro atoms. The van der Waals surface area contributed by atoms with Crippen molar-refractivity contribution in [1.82, 2.24) is 5.32 Å². The molecule has 1 fully saturated rings. The van der Waals surface area contributed by atoms with Crippen LogP contribution in [0.3, 0.4) is 0 Å². The maximum absolute atomic E-state index is 3.53. The van der Waals surface area contributed by atoms with Gasteiger partial charge in [-0.2, -0.15) is 0 Å². The van der Waals surface area contributed by atoms with Crippen LogP contribution in [0.15, 0.2) is 0 Å². The lowest BCUT2D eigenvalue weighted by Gasteiger charge is -2.19. The molecule has 0 aromatic heterocycles. The zero-order valence-corrected chi connectivity index (χ0v) is 8.70. The van der Waals surface area contributed by atoms with E-state index in [9.17, 15) is 0 Å². The summed E-state index contributed by atoms with van der Waals surface area (Å²) in [4.78, 5) is 0. The van der Waals surface area contributed by atoms with Crippen LogP contribution >= 0.6 is 0 Å². The second-order valence-corrected chi connectivity index (χ2v) is 3.34. The first-order valence-corrected chi connectivity index (χ1v) is 4.96. The molecule has 1 heteroatoms. The van der Waals surface area contributed by atoms with Gasteiger partial charge in [-0.1, -0.05) is 34.6 Å². The van der Waals surface area contributed by atoms with E-state index in [1.54, 1.807) is 0 Å². The highest BCUT2D eigenvalue weighted by atomic mass is 15.0. The minimum absolute atomic E-state index is 0.550. The fourth-order valence-electron chi connectivity index (χ4n) is 1.44. The smallest absolute Gasteiger partial charge is 0.0205 e. The molecule has 0 aromatic carbocycles. The molecule has 11 heavy (non-hydrogen) atoms. The van der Waals surface area contributed by atoms with Gasteiger partial charge < -0.3 is 5.32 Å². The Balaban J connectivity index is 0.000000461. The van der Waals surface area contributed by atoms with Gasteiger partial charge in [-0.3, -0.25) is 0 Å². The zero-order chi connectivity index (χ0) is 8.91. The first-order valence-electron chi connectivity index (χ1n) is 4.96. The molecule has 1 saturated carbocycles. The Hall–Kier alpha value is -0.0400. The van der Waals surface area contributed by atoms with Crippen LogP contribution in [0.4, 0.5) is 0 Å². The van der Waals surface area contributed by atoms with Crippen LogP contribution in [-0.2, 0) is 0 Å². The topological polar surface area (TPSA) is 12.0 Å². The largest absolute Gasteiger partial charge is 0.311 e. The average molecular weight is 157 g/mol. The normalized spacial score (nSPS) is 19.1. The third kappa shape index (κ3) is 2.82. The molecule has 1 N–H and O–H groups in total. The summed E-state index contributed by atoms with van der Waals surface area (Å²) in [6.07, 6.45) is 2.77. The van der Waals surface area contributed by atoms with E-state index in [1.807, 2.05) is 13.8 Å². The molecule has 1 aliphatic rings. The van der Waals surface area contributed by atoms with Gasteiger partial charge >= 0.3 is 0 Å². The molecular formula is C10H23N. The molecule has 1 aliphatic carbocycles. The van der Waals surface area contributed by atoms with Crippen LogP contribution in [0.5, 0.6) is 0 Å². The molecule has 0 unspecified atom stereocenters. The van der Waals surface area contributed by atoms with Crippen LogP contribution in [0.2, 0.25) is 0 Å². The van der Waals surface area contributed by atoms with Gasteiger partial charge in [0.2, 0.25) is 0 Å². The van der Waals surface area contributed by atoms with Gasteiger partial charge in [0.05, 0.1) is 0 Å². The summed E-state index contributed by atoms with van der Waals surface area (Å²) in [5.41, 5.74) is 0.550. The lowest BCUT2D eigenvalue weighted by Crippen LogP contribution is -2.35. The molecule has 1 rings (SSSR count). The van der Waals surface area contributed by atoms with E-state index in [4.69, 9.17) is 0 Å². The summed E-state index contributed by atoms with van der Waals surface area (Å²) in [5, 5.41) is 3.53. The standard InChI is InChI=1S/C8H17N.C2H6/c1-4-9-8(5-6-8)7(2)3;1-2/h7,9H,4-6H2,1-3H3;1-2H3. The molecule has 0 atom stereocenters. The Bertz CT molecular complexity index is 93.0. The Labute approximate surface area is 71.6 Å². The molecule has 0 aliphatic heterocycles.